The van der Waals surface area contributed by atoms with Crippen LogP contribution in [0.3, 0.4) is 0 Å². The van der Waals surface area contributed by atoms with Gasteiger partial charge in [0, 0.05) is 11.1 Å². The predicted molar refractivity (Wildman–Crippen MR) is 533 cm³/mol. The lowest BCUT2D eigenvalue weighted by atomic mass is 9.90. The van der Waals surface area contributed by atoms with Crippen LogP contribution in [0.4, 0.5) is 0 Å². The van der Waals surface area contributed by atoms with Crippen molar-refractivity contribution in [1.29, 1.82) is 0 Å². The summed E-state index contributed by atoms with van der Waals surface area (Å²) in [6.45, 7) is 17.4. The minimum absolute atomic E-state index is 0.0195. The first-order valence-electron chi connectivity index (χ1n) is 50.8. The molecule has 0 heterocycles. The van der Waals surface area contributed by atoms with Gasteiger partial charge in [-0.1, -0.05) is 215 Å². The lowest BCUT2D eigenvalue weighted by molar-refractivity contribution is 0.0435. The minimum atomic E-state index is -0.480. The van der Waals surface area contributed by atoms with Gasteiger partial charge in [0.25, 0.3) is 0 Å². The highest BCUT2D eigenvalue weighted by Crippen LogP contribution is 2.44. The number of aromatic hydroxyl groups is 8. The summed E-state index contributed by atoms with van der Waals surface area (Å²) in [5.74, 6) is 11.8. The van der Waals surface area contributed by atoms with Gasteiger partial charge in [-0.25, -0.2) is 0 Å². The molecule has 0 amide bonds. The zero-order valence-corrected chi connectivity index (χ0v) is 80.1. The largest absolute Gasteiger partial charge is 0.508 e. The highest BCUT2D eigenvalue weighted by Gasteiger charge is 2.32. The van der Waals surface area contributed by atoms with Crippen LogP contribution < -0.4 is 11.5 Å². The molecular weight excluding hydrogens is 1580 g/mol. The van der Waals surface area contributed by atoms with E-state index in [0.29, 0.717) is 69.7 Å². The first kappa shape index (κ1) is 104. The van der Waals surface area contributed by atoms with Gasteiger partial charge in [0.1, 0.15) is 46.0 Å². The third-order valence-corrected chi connectivity index (χ3v) is 30.9. The van der Waals surface area contributed by atoms with E-state index in [9.17, 15) is 51.1 Å². The van der Waals surface area contributed by atoms with Crippen molar-refractivity contribution in [2.45, 2.75) is 408 Å². The van der Waals surface area contributed by atoms with Crippen LogP contribution >= 0.6 is 0 Å². The van der Waals surface area contributed by atoms with E-state index in [1.54, 1.807) is 48.5 Å². The fourth-order valence-corrected chi connectivity index (χ4v) is 21.8. The average Bonchev–Trinajstić information content (AvgIpc) is 1.64. The number of phenols is 8. The summed E-state index contributed by atoms with van der Waals surface area (Å²) < 4.78 is 0. The Labute approximate surface area is 773 Å². The standard InChI is InChI=1S/4C15H22O.2C14H21NO.2C14H20O2/c4*1-2-12-4-3-5-13(7-6-12)14-8-10-15(16)11-9-14;2*1-14(15)9-2-3-11(8-10-14)12-4-6-13(16)7-5-12;2*1-14(16)9-2-3-11(8-10-14)12-4-6-13(15)7-5-12/h4*8-13,16H,2-7H2,1H3;2*4-7,11,16H,2-3,8-10,15H2,1H3;2*4-7,11,15-16H,2-3,8-10H2,1H3/t2*12-,13+;2*12-,13-;11-,14+;11-,14-;11-,14+;11-,14-/m00111111/s1. The van der Waals surface area contributed by atoms with Gasteiger partial charge < -0.3 is 62.5 Å². The Kier molecular flexibility index (Phi) is 43.3. The smallest absolute Gasteiger partial charge is 0.115 e. The van der Waals surface area contributed by atoms with E-state index in [1.165, 1.54) is 224 Å². The average molecular weight is 1750 g/mol. The van der Waals surface area contributed by atoms with Crippen LogP contribution in [0, 0.1) is 23.7 Å². The zero-order chi connectivity index (χ0) is 91.9. The molecule has 0 aliphatic heterocycles. The van der Waals surface area contributed by atoms with E-state index in [0.717, 1.165) is 150 Å². The molecule has 8 saturated carbocycles. The molecule has 0 radical (unpaired) electrons. The topological polar surface area (TPSA) is 254 Å². The lowest BCUT2D eigenvalue weighted by Gasteiger charge is -2.22. The molecule has 0 saturated heterocycles. The molecule has 0 spiro atoms. The Balaban J connectivity index is 0.000000165. The SMILES string of the molecule is CC[C@@H]1CCC[C@@H](c2ccc(O)cc2)CC1.CC[C@@H]1CCC[C@@H](c2ccc(O)cc2)CC1.CC[C@H]1CCC[C@@H](c2ccc(O)cc2)CC1.CC[C@H]1CCC[C@@H](c2ccc(O)cc2)CC1.C[C@@]1(N)CCC[C@@H](c2ccc(O)cc2)CC1.C[C@@]1(O)CCC[C@@H](c2ccc(O)cc2)CC1.C[C@]1(N)CCC[C@@H](c2ccc(O)cc2)CC1.C[C@]1(O)CCC[C@@H](c2ccc(O)cc2)CC1. The van der Waals surface area contributed by atoms with Gasteiger partial charge in [-0.15, -0.1) is 0 Å². The zero-order valence-electron chi connectivity index (χ0n) is 80.1. The molecule has 8 aromatic carbocycles. The van der Waals surface area contributed by atoms with E-state index in [2.05, 4.69) is 90.1 Å². The molecular formula is C116H170N2O10. The van der Waals surface area contributed by atoms with Crippen LogP contribution in [-0.2, 0) is 0 Å². The number of nitrogens with two attached hydrogens (primary N) is 2. The van der Waals surface area contributed by atoms with Crippen molar-refractivity contribution < 1.29 is 51.1 Å². The van der Waals surface area contributed by atoms with Gasteiger partial charge in [-0.3, -0.25) is 0 Å². The van der Waals surface area contributed by atoms with Crippen molar-refractivity contribution in [2.24, 2.45) is 35.1 Å². The fourth-order valence-electron chi connectivity index (χ4n) is 21.8. The summed E-state index contributed by atoms with van der Waals surface area (Å²) in [5, 5.41) is 94.3. The second-order valence-electron chi connectivity index (χ2n) is 41.5. The molecule has 0 bridgehead atoms. The summed E-state index contributed by atoms with van der Waals surface area (Å²) in [7, 11) is 0. The molecule has 8 aliphatic rings. The molecule has 8 fully saturated rings. The normalized spacial score (nSPS) is 28.7. The third kappa shape index (κ3) is 37.3. The van der Waals surface area contributed by atoms with Crippen molar-refractivity contribution in [1.82, 2.24) is 0 Å². The van der Waals surface area contributed by atoms with Crippen LogP contribution in [0.15, 0.2) is 194 Å². The quantitative estimate of drug-likeness (QED) is 0.0510. The molecule has 12 heteroatoms. The molecule has 0 aromatic heterocycles. The lowest BCUT2D eigenvalue weighted by Crippen LogP contribution is -2.34. The van der Waals surface area contributed by atoms with Gasteiger partial charge in [-0.05, 0) is 433 Å². The van der Waals surface area contributed by atoms with Crippen LogP contribution in [0.25, 0.3) is 0 Å². The van der Waals surface area contributed by atoms with Crippen molar-refractivity contribution in [2.75, 3.05) is 0 Å². The molecule has 8 aliphatic carbocycles. The Morgan fingerprint density at radius 2 is 0.352 bits per heavy atom. The van der Waals surface area contributed by atoms with Gasteiger partial charge in [0.15, 0.2) is 0 Å². The Hall–Kier alpha value is -8.00. The molecule has 0 unspecified atom stereocenters. The highest BCUT2D eigenvalue weighted by molar-refractivity contribution is 5.35. The third-order valence-electron chi connectivity index (χ3n) is 30.9. The molecule has 8 aromatic rings. The number of rotatable bonds is 12. The van der Waals surface area contributed by atoms with E-state index in [1.807, 2.05) is 111 Å². The fraction of sp³-hybridized carbons (Fsp3) is 0.586. The number of hydrogen-bond donors (Lipinski definition) is 12. The summed E-state index contributed by atoms with van der Waals surface area (Å²) in [5.41, 5.74) is 22.4. The molecule has 16 rings (SSSR count). The number of benzene rings is 8. The maximum absolute atomic E-state index is 10.0. The predicted octanol–water partition coefficient (Wildman–Crippen LogP) is 30.6. The second kappa shape index (κ2) is 53.5. The Bertz CT molecular complexity index is 3740. The molecule has 128 heavy (non-hydrogen) atoms. The van der Waals surface area contributed by atoms with Crippen LogP contribution in [-0.4, -0.2) is 73.3 Å². The van der Waals surface area contributed by atoms with E-state index >= 15 is 0 Å². The Morgan fingerprint density at radius 1 is 0.195 bits per heavy atom. The van der Waals surface area contributed by atoms with Crippen molar-refractivity contribution in [3.8, 4) is 46.0 Å². The summed E-state index contributed by atoms with van der Waals surface area (Å²) in [4.78, 5) is 0. The first-order valence-corrected chi connectivity index (χ1v) is 50.8. The molecule has 14 N–H and O–H groups in total. The number of phenolic OH excluding ortho intramolecular Hbond substituents is 8. The monoisotopic (exact) mass is 1750 g/mol. The van der Waals surface area contributed by atoms with Crippen molar-refractivity contribution in [3.63, 3.8) is 0 Å². The van der Waals surface area contributed by atoms with Crippen molar-refractivity contribution >= 4 is 0 Å². The molecule has 12 nitrogen and oxygen atoms in total. The van der Waals surface area contributed by atoms with E-state index < -0.39 is 11.2 Å². The summed E-state index contributed by atoms with van der Waals surface area (Å²) >= 11 is 0. The Morgan fingerprint density at radius 3 is 0.531 bits per heavy atom. The van der Waals surface area contributed by atoms with Crippen molar-refractivity contribution in [3.05, 3.63) is 239 Å². The van der Waals surface area contributed by atoms with Gasteiger partial charge in [0.2, 0.25) is 0 Å². The van der Waals surface area contributed by atoms with Crippen LogP contribution in [0.1, 0.15) is 430 Å². The maximum atomic E-state index is 10.0. The van der Waals surface area contributed by atoms with E-state index in [4.69, 9.17) is 11.5 Å². The maximum Gasteiger partial charge on any atom is 0.115 e. The molecule has 16 atom stereocenters. The summed E-state index contributed by atoms with van der Waals surface area (Å²) in [6, 6.07) is 61.5. The first-order chi connectivity index (χ1) is 61.4. The van der Waals surface area contributed by atoms with Gasteiger partial charge in [-0.2, -0.15) is 0 Å². The number of hydrogen-bond acceptors (Lipinski definition) is 12. The number of aliphatic hydroxyl groups is 2. The minimum Gasteiger partial charge on any atom is -0.508 e. The molecule has 704 valence electrons. The van der Waals surface area contributed by atoms with Gasteiger partial charge >= 0.3 is 0 Å². The second-order valence-corrected chi connectivity index (χ2v) is 41.5. The van der Waals surface area contributed by atoms with Crippen LogP contribution in [0.5, 0.6) is 46.0 Å². The van der Waals surface area contributed by atoms with Crippen LogP contribution in [0.2, 0.25) is 0 Å². The van der Waals surface area contributed by atoms with Gasteiger partial charge in [0.05, 0.1) is 11.2 Å². The van der Waals surface area contributed by atoms with E-state index in [-0.39, 0.29) is 11.1 Å². The highest BCUT2D eigenvalue weighted by atomic mass is 16.3. The summed E-state index contributed by atoms with van der Waals surface area (Å²) in [6.07, 6.45) is 54.2.